The topological polar surface area (TPSA) is 75.5 Å². The summed E-state index contributed by atoms with van der Waals surface area (Å²) in [7, 11) is 3.29. The van der Waals surface area contributed by atoms with Crippen molar-refractivity contribution in [3.63, 3.8) is 0 Å². The number of anilines is 3. The maximum Gasteiger partial charge on any atom is 0.417 e. The summed E-state index contributed by atoms with van der Waals surface area (Å²) in [5.41, 5.74) is -1.41. The van der Waals surface area contributed by atoms with Crippen LogP contribution in [0.5, 0.6) is 0 Å². The molecule has 0 bridgehead atoms. The van der Waals surface area contributed by atoms with Crippen molar-refractivity contribution >= 4 is 28.4 Å². The van der Waals surface area contributed by atoms with E-state index in [1.54, 1.807) is 12.1 Å². The van der Waals surface area contributed by atoms with Crippen LogP contribution in [0.25, 0.3) is 22.3 Å². The van der Waals surface area contributed by atoms with Crippen LogP contribution in [-0.2, 0) is 6.18 Å². The molecule has 1 fully saturated rings. The number of halogens is 4. The van der Waals surface area contributed by atoms with Crippen LogP contribution in [0.3, 0.4) is 0 Å². The Morgan fingerprint density at radius 2 is 1.66 bits per heavy atom. The number of likely N-dealkylation sites (N-methyl/N-ethyl adjacent to an activating group) is 1. The Labute approximate surface area is 215 Å². The molecule has 2 aromatic heterocycles. The minimum atomic E-state index is -4.85. The molecule has 12 heteroatoms. The van der Waals surface area contributed by atoms with E-state index in [4.69, 9.17) is 4.84 Å². The van der Waals surface area contributed by atoms with Gasteiger partial charge in [0, 0.05) is 54.6 Å². The van der Waals surface area contributed by atoms with Crippen molar-refractivity contribution in [2.24, 2.45) is 0 Å². The average Bonchev–Trinajstić information content (AvgIpc) is 2.88. The summed E-state index contributed by atoms with van der Waals surface area (Å²) < 4.78 is 57.4. The number of pyridine rings is 1. The third-order valence-electron chi connectivity index (χ3n) is 6.44. The van der Waals surface area contributed by atoms with Crippen molar-refractivity contribution in [2.45, 2.75) is 6.18 Å². The highest BCUT2D eigenvalue weighted by molar-refractivity contribution is 5.92. The second-order valence-corrected chi connectivity index (χ2v) is 8.90. The molecule has 38 heavy (non-hydrogen) atoms. The molecule has 1 saturated heterocycles. The summed E-state index contributed by atoms with van der Waals surface area (Å²) in [6, 6.07) is 12.5. The smallest absolute Gasteiger partial charge is 0.412 e. The van der Waals surface area contributed by atoms with Crippen molar-refractivity contribution in [1.82, 2.24) is 19.6 Å². The molecule has 5 rings (SSSR count). The minimum Gasteiger partial charge on any atom is -0.412 e. The molecule has 0 aliphatic carbocycles. The fourth-order valence-corrected chi connectivity index (χ4v) is 4.47. The van der Waals surface area contributed by atoms with Crippen molar-refractivity contribution in [1.29, 1.82) is 0 Å². The van der Waals surface area contributed by atoms with E-state index in [2.05, 4.69) is 32.1 Å². The number of aromatic nitrogens is 3. The third kappa shape index (κ3) is 4.86. The molecular formula is C26H24F4N6O2. The van der Waals surface area contributed by atoms with Gasteiger partial charge in [-0.2, -0.15) is 18.2 Å². The van der Waals surface area contributed by atoms with Crippen LogP contribution in [-0.4, -0.2) is 59.9 Å². The van der Waals surface area contributed by atoms with Gasteiger partial charge in [0.2, 0.25) is 5.95 Å². The minimum absolute atomic E-state index is 0.0121. The molecule has 1 aliphatic heterocycles. The van der Waals surface area contributed by atoms with Crippen LogP contribution in [0.15, 0.2) is 59.4 Å². The highest BCUT2D eigenvalue weighted by atomic mass is 19.4. The number of piperazine rings is 1. The number of nitrogens with zero attached hydrogens (tertiary/aromatic N) is 5. The second kappa shape index (κ2) is 9.93. The highest BCUT2D eigenvalue weighted by Crippen LogP contribution is 2.40. The first-order chi connectivity index (χ1) is 18.2. The molecular weight excluding hydrogens is 504 g/mol. The van der Waals surface area contributed by atoms with Gasteiger partial charge < -0.3 is 20.0 Å². The Hall–Kier alpha value is -4.19. The standard InChI is InChI=1S/C26H24F4N6O2/c1-34-12-14-35(15-13-34)17-8-6-16(7-9-17)31-25-32-23(18-10-11-21(37)36(38-2)24(18)33-25)22-19(26(28,29)30)4-3-5-20(22)27/h3-11H,12-15H2,1-2H3,(H,31,32,33). The van der Waals surface area contributed by atoms with E-state index < -0.39 is 28.7 Å². The van der Waals surface area contributed by atoms with Gasteiger partial charge in [0.15, 0.2) is 5.65 Å². The number of rotatable bonds is 5. The number of benzene rings is 2. The maximum atomic E-state index is 15.0. The molecule has 0 unspecified atom stereocenters. The lowest BCUT2D eigenvalue weighted by Crippen LogP contribution is -2.44. The molecule has 2 aromatic carbocycles. The molecule has 0 amide bonds. The third-order valence-corrected chi connectivity index (χ3v) is 6.44. The van der Waals surface area contributed by atoms with Gasteiger partial charge in [0.05, 0.1) is 11.3 Å². The lowest BCUT2D eigenvalue weighted by atomic mass is 10.0. The molecule has 198 valence electrons. The van der Waals surface area contributed by atoms with Crippen molar-refractivity contribution < 1.29 is 22.4 Å². The van der Waals surface area contributed by atoms with Gasteiger partial charge in [0.25, 0.3) is 5.56 Å². The van der Waals surface area contributed by atoms with Crippen LogP contribution >= 0.6 is 0 Å². The van der Waals surface area contributed by atoms with Crippen LogP contribution in [0.1, 0.15) is 5.56 Å². The van der Waals surface area contributed by atoms with Gasteiger partial charge in [-0.25, -0.2) is 9.37 Å². The molecule has 4 aromatic rings. The summed E-state index contributed by atoms with van der Waals surface area (Å²) in [6.45, 7) is 3.67. The van der Waals surface area contributed by atoms with E-state index in [0.29, 0.717) is 5.69 Å². The Balaban J connectivity index is 1.61. The molecule has 0 radical (unpaired) electrons. The first kappa shape index (κ1) is 25.5. The molecule has 0 spiro atoms. The number of alkyl halides is 3. The highest BCUT2D eigenvalue weighted by Gasteiger charge is 2.36. The Morgan fingerprint density at radius 3 is 2.32 bits per heavy atom. The average molecular weight is 529 g/mol. The van der Waals surface area contributed by atoms with E-state index >= 15 is 0 Å². The Bertz CT molecular complexity index is 1530. The zero-order chi connectivity index (χ0) is 27.0. The largest absolute Gasteiger partial charge is 0.417 e. The van der Waals surface area contributed by atoms with Crippen LogP contribution in [0.4, 0.5) is 34.9 Å². The predicted octanol–water partition coefficient (Wildman–Crippen LogP) is 4.17. The number of nitrogens with one attached hydrogen (secondary N) is 1. The summed E-state index contributed by atoms with van der Waals surface area (Å²) >= 11 is 0. The molecule has 0 atom stereocenters. The van der Waals surface area contributed by atoms with Crippen molar-refractivity contribution in [3.05, 3.63) is 76.3 Å². The lowest BCUT2D eigenvalue weighted by molar-refractivity contribution is -0.137. The SMILES string of the molecule is COn1c(=O)ccc2c(-c3c(F)cccc3C(F)(F)F)nc(Nc3ccc(N4CCN(C)CC4)cc3)nc21. The lowest BCUT2D eigenvalue weighted by Gasteiger charge is -2.34. The van der Waals surface area contributed by atoms with Crippen molar-refractivity contribution in [2.75, 3.05) is 50.6 Å². The Kier molecular flexibility index (Phi) is 6.66. The van der Waals surface area contributed by atoms with Crippen LogP contribution in [0.2, 0.25) is 0 Å². The molecule has 0 saturated carbocycles. The first-order valence-electron chi connectivity index (χ1n) is 11.8. The monoisotopic (exact) mass is 528 g/mol. The quantitative estimate of drug-likeness (QED) is 0.390. The van der Waals surface area contributed by atoms with Gasteiger partial charge in [0.1, 0.15) is 12.9 Å². The van der Waals surface area contributed by atoms with Gasteiger partial charge in [-0.3, -0.25) is 4.79 Å². The predicted molar refractivity (Wildman–Crippen MR) is 136 cm³/mol. The van der Waals surface area contributed by atoms with Crippen LogP contribution < -0.4 is 20.6 Å². The second-order valence-electron chi connectivity index (χ2n) is 8.90. The fraction of sp³-hybridized carbons (Fsp3) is 0.269. The zero-order valence-corrected chi connectivity index (χ0v) is 20.6. The summed E-state index contributed by atoms with van der Waals surface area (Å²) in [5, 5.41) is 2.98. The van der Waals surface area contributed by atoms with E-state index in [9.17, 15) is 22.4 Å². The zero-order valence-electron chi connectivity index (χ0n) is 20.6. The summed E-state index contributed by atoms with van der Waals surface area (Å²) in [6.07, 6.45) is -4.85. The molecule has 3 heterocycles. The summed E-state index contributed by atoms with van der Waals surface area (Å²) in [4.78, 5) is 30.6. The van der Waals surface area contributed by atoms with Crippen molar-refractivity contribution in [3.8, 4) is 11.3 Å². The van der Waals surface area contributed by atoms with Gasteiger partial charge >= 0.3 is 6.18 Å². The summed E-state index contributed by atoms with van der Waals surface area (Å²) in [5.74, 6) is -1.25. The van der Waals surface area contributed by atoms with E-state index in [-0.39, 0.29) is 22.7 Å². The molecule has 8 nitrogen and oxygen atoms in total. The number of fused-ring (bicyclic) bond motifs is 1. The van der Waals surface area contributed by atoms with Gasteiger partial charge in [-0.1, -0.05) is 6.07 Å². The van der Waals surface area contributed by atoms with Gasteiger partial charge in [-0.05, 0) is 49.5 Å². The van der Waals surface area contributed by atoms with E-state index in [1.165, 1.54) is 13.2 Å². The van der Waals surface area contributed by atoms with Crippen LogP contribution in [0, 0.1) is 5.82 Å². The first-order valence-corrected chi connectivity index (χ1v) is 11.8. The number of hydrogen-bond donors (Lipinski definition) is 1. The van der Waals surface area contributed by atoms with Gasteiger partial charge in [-0.15, -0.1) is 4.73 Å². The number of hydrogen-bond acceptors (Lipinski definition) is 7. The maximum absolute atomic E-state index is 15.0. The van der Waals surface area contributed by atoms with E-state index in [0.717, 1.165) is 60.9 Å². The Morgan fingerprint density at radius 1 is 0.947 bits per heavy atom. The normalized spacial score (nSPS) is 14.6. The fourth-order valence-electron chi connectivity index (χ4n) is 4.47. The van der Waals surface area contributed by atoms with E-state index in [1.807, 2.05) is 12.1 Å². The molecule has 1 aliphatic rings. The molecule has 1 N–H and O–H groups in total.